The summed E-state index contributed by atoms with van der Waals surface area (Å²) in [5.74, 6) is -1.39. The summed E-state index contributed by atoms with van der Waals surface area (Å²) in [6.45, 7) is -0.547. The minimum atomic E-state index is -3.60. The molecule has 0 unspecified atom stereocenters. The summed E-state index contributed by atoms with van der Waals surface area (Å²) in [5.41, 5.74) is 0.107. The standard InChI is InChI=1S/C16H12Cl2O5S/c1-24(21,22)15-5-3-2-4-11(15)16(20)23-9-14(19)10-6-7-12(17)13(18)8-10/h2-8H,9H2,1H3. The molecule has 2 rings (SSSR count). The average Bonchev–Trinajstić information content (AvgIpc) is 2.54. The zero-order valence-corrected chi connectivity index (χ0v) is 14.8. The van der Waals surface area contributed by atoms with Crippen molar-refractivity contribution < 1.29 is 22.7 Å². The molecule has 0 aliphatic heterocycles. The summed E-state index contributed by atoms with van der Waals surface area (Å²) in [4.78, 5) is 24.0. The van der Waals surface area contributed by atoms with Gasteiger partial charge in [-0.2, -0.15) is 0 Å². The molecule has 0 heterocycles. The van der Waals surface area contributed by atoms with E-state index in [4.69, 9.17) is 27.9 Å². The van der Waals surface area contributed by atoms with E-state index in [1.54, 1.807) is 0 Å². The molecule has 8 heteroatoms. The molecule has 0 aliphatic carbocycles. The Morgan fingerprint density at radius 1 is 1.04 bits per heavy atom. The number of Topliss-reactive ketones (excluding diaryl/α,β-unsaturated/α-hetero) is 1. The number of carbonyl (C=O) groups is 2. The van der Waals surface area contributed by atoms with Crippen molar-refractivity contribution in [3.8, 4) is 0 Å². The molecule has 0 radical (unpaired) electrons. The lowest BCUT2D eigenvalue weighted by Gasteiger charge is -2.08. The Balaban J connectivity index is 2.14. The second-order valence-corrected chi connectivity index (χ2v) is 7.70. The molecule has 5 nitrogen and oxygen atoms in total. The van der Waals surface area contributed by atoms with Crippen molar-refractivity contribution >= 4 is 44.8 Å². The lowest BCUT2D eigenvalue weighted by molar-refractivity contribution is 0.0471. The first-order valence-electron chi connectivity index (χ1n) is 6.64. The van der Waals surface area contributed by atoms with Crippen LogP contribution in [0.4, 0.5) is 0 Å². The Hall–Kier alpha value is -1.89. The molecular formula is C16H12Cl2O5S. The van der Waals surface area contributed by atoms with Gasteiger partial charge in [-0.25, -0.2) is 13.2 Å². The Labute approximate surface area is 149 Å². The monoisotopic (exact) mass is 386 g/mol. The molecule has 0 N–H and O–H groups in total. The van der Waals surface area contributed by atoms with E-state index in [0.29, 0.717) is 5.02 Å². The van der Waals surface area contributed by atoms with Gasteiger partial charge >= 0.3 is 5.97 Å². The lowest BCUT2D eigenvalue weighted by atomic mass is 10.1. The van der Waals surface area contributed by atoms with Crippen LogP contribution in [0, 0.1) is 0 Å². The Morgan fingerprint density at radius 2 is 1.71 bits per heavy atom. The zero-order chi connectivity index (χ0) is 17.9. The number of benzene rings is 2. The highest BCUT2D eigenvalue weighted by Gasteiger charge is 2.20. The van der Waals surface area contributed by atoms with Crippen LogP contribution in [0.2, 0.25) is 10.0 Å². The molecule has 0 amide bonds. The minimum absolute atomic E-state index is 0.123. The van der Waals surface area contributed by atoms with E-state index in [1.807, 2.05) is 0 Å². The normalized spacial score (nSPS) is 11.1. The Bertz CT molecular complexity index is 906. The number of esters is 1. The van der Waals surface area contributed by atoms with Crippen LogP contribution in [0.25, 0.3) is 0 Å². The molecule has 0 aromatic heterocycles. The van der Waals surface area contributed by atoms with Gasteiger partial charge in [0.2, 0.25) is 0 Å². The van der Waals surface area contributed by atoms with Crippen LogP contribution in [-0.2, 0) is 14.6 Å². The molecule has 0 saturated carbocycles. The molecule has 0 bridgehead atoms. The van der Waals surface area contributed by atoms with E-state index < -0.39 is 28.2 Å². The fourth-order valence-electron chi connectivity index (χ4n) is 1.92. The van der Waals surface area contributed by atoms with Crippen molar-refractivity contribution in [3.05, 3.63) is 63.6 Å². The van der Waals surface area contributed by atoms with Crippen LogP contribution in [0.5, 0.6) is 0 Å². The summed E-state index contributed by atoms with van der Waals surface area (Å²) in [6, 6.07) is 9.90. The van der Waals surface area contributed by atoms with E-state index >= 15 is 0 Å². The first-order valence-corrected chi connectivity index (χ1v) is 9.29. The van der Waals surface area contributed by atoms with E-state index in [1.165, 1.54) is 42.5 Å². The molecule has 0 atom stereocenters. The van der Waals surface area contributed by atoms with Gasteiger partial charge in [-0.15, -0.1) is 0 Å². The number of hydrogen-bond acceptors (Lipinski definition) is 5. The maximum atomic E-state index is 12.1. The topological polar surface area (TPSA) is 77.5 Å². The van der Waals surface area contributed by atoms with Crippen LogP contribution < -0.4 is 0 Å². The molecule has 126 valence electrons. The molecule has 0 spiro atoms. The largest absolute Gasteiger partial charge is 0.454 e. The lowest BCUT2D eigenvalue weighted by Crippen LogP contribution is -2.16. The first-order chi connectivity index (χ1) is 11.2. The van der Waals surface area contributed by atoms with Crippen molar-refractivity contribution in [3.63, 3.8) is 0 Å². The van der Waals surface area contributed by atoms with Gasteiger partial charge in [-0.05, 0) is 30.3 Å². The van der Waals surface area contributed by atoms with Gasteiger partial charge < -0.3 is 4.74 Å². The molecule has 0 fully saturated rings. The maximum absolute atomic E-state index is 12.1. The molecular weight excluding hydrogens is 375 g/mol. The number of carbonyl (C=O) groups excluding carboxylic acids is 2. The van der Waals surface area contributed by atoms with Gasteiger partial charge in [0, 0.05) is 11.8 Å². The fourth-order valence-corrected chi connectivity index (χ4v) is 3.10. The number of halogens is 2. The maximum Gasteiger partial charge on any atom is 0.339 e. The SMILES string of the molecule is CS(=O)(=O)c1ccccc1C(=O)OCC(=O)c1ccc(Cl)c(Cl)c1. The second kappa shape index (κ2) is 7.34. The quantitative estimate of drug-likeness (QED) is 0.580. The number of ketones is 1. The smallest absolute Gasteiger partial charge is 0.339 e. The number of sulfone groups is 1. The minimum Gasteiger partial charge on any atom is -0.454 e. The van der Waals surface area contributed by atoms with Crippen LogP contribution in [0.1, 0.15) is 20.7 Å². The fraction of sp³-hybridized carbons (Fsp3) is 0.125. The van der Waals surface area contributed by atoms with E-state index in [-0.39, 0.29) is 21.0 Å². The predicted octanol–water partition coefficient (Wildman–Crippen LogP) is 3.44. The van der Waals surface area contributed by atoms with Gasteiger partial charge in [-0.1, -0.05) is 35.3 Å². The third kappa shape index (κ3) is 4.35. The van der Waals surface area contributed by atoms with Gasteiger partial charge in [0.1, 0.15) is 0 Å². The molecule has 2 aromatic rings. The van der Waals surface area contributed by atoms with Crippen molar-refractivity contribution in [1.82, 2.24) is 0 Å². The molecule has 0 saturated heterocycles. The molecule has 24 heavy (non-hydrogen) atoms. The Morgan fingerprint density at radius 3 is 2.33 bits per heavy atom. The van der Waals surface area contributed by atoms with Crippen LogP contribution in [-0.4, -0.2) is 33.0 Å². The van der Waals surface area contributed by atoms with Gasteiger partial charge in [0.05, 0.1) is 20.5 Å². The van der Waals surface area contributed by atoms with Gasteiger partial charge in [0.25, 0.3) is 0 Å². The second-order valence-electron chi connectivity index (χ2n) is 4.90. The van der Waals surface area contributed by atoms with E-state index in [9.17, 15) is 18.0 Å². The summed E-state index contributed by atoms with van der Waals surface area (Å²) in [6.07, 6.45) is 0.986. The van der Waals surface area contributed by atoms with E-state index in [0.717, 1.165) is 6.26 Å². The van der Waals surface area contributed by atoms with Crippen LogP contribution >= 0.6 is 23.2 Å². The number of ether oxygens (including phenoxy) is 1. The number of rotatable bonds is 5. The summed E-state index contributed by atoms with van der Waals surface area (Å²) < 4.78 is 28.3. The summed E-state index contributed by atoms with van der Waals surface area (Å²) in [7, 11) is -3.60. The van der Waals surface area contributed by atoms with Crippen LogP contribution in [0.15, 0.2) is 47.4 Å². The highest BCUT2D eigenvalue weighted by atomic mass is 35.5. The van der Waals surface area contributed by atoms with Crippen molar-refractivity contribution in [2.24, 2.45) is 0 Å². The third-order valence-corrected chi connectivity index (χ3v) is 4.98. The van der Waals surface area contributed by atoms with Crippen LogP contribution in [0.3, 0.4) is 0 Å². The van der Waals surface area contributed by atoms with Gasteiger partial charge in [0.15, 0.2) is 22.2 Å². The summed E-state index contributed by atoms with van der Waals surface area (Å²) >= 11 is 11.6. The highest BCUT2D eigenvalue weighted by Crippen LogP contribution is 2.23. The first kappa shape index (κ1) is 18.4. The summed E-state index contributed by atoms with van der Waals surface area (Å²) in [5, 5.41) is 0.503. The molecule has 2 aromatic carbocycles. The highest BCUT2D eigenvalue weighted by molar-refractivity contribution is 7.90. The zero-order valence-electron chi connectivity index (χ0n) is 12.5. The van der Waals surface area contributed by atoms with Crippen molar-refractivity contribution in [2.45, 2.75) is 4.90 Å². The third-order valence-electron chi connectivity index (χ3n) is 3.08. The van der Waals surface area contributed by atoms with Crippen molar-refractivity contribution in [1.29, 1.82) is 0 Å². The predicted molar refractivity (Wildman–Crippen MR) is 90.6 cm³/mol. The number of hydrogen-bond donors (Lipinski definition) is 0. The van der Waals surface area contributed by atoms with Gasteiger partial charge in [-0.3, -0.25) is 4.79 Å². The molecule has 0 aliphatic rings. The average molecular weight is 387 g/mol. The van der Waals surface area contributed by atoms with E-state index in [2.05, 4.69) is 0 Å². The van der Waals surface area contributed by atoms with Crippen molar-refractivity contribution in [2.75, 3.05) is 12.9 Å². The Kier molecular flexibility index (Phi) is 5.64.